The molecule has 0 bridgehead atoms. The van der Waals surface area contributed by atoms with Gasteiger partial charge in [-0.3, -0.25) is 0 Å². The number of carbonyl (C=O) groups excluding carboxylic acids is 2. The van der Waals surface area contributed by atoms with Crippen LogP contribution in [0, 0.1) is 17.3 Å². The molecule has 0 aromatic heterocycles. The second kappa shape index (κ2) is 10.7. The molecule has 4 heterocycles. The minimum atomic E-state index is -4.39. The summed E-state index contributed by atoms with van der Waals surface area (Å²) in [5.41, 5.74) is -0.833. The molecule has 238 valence electrons. The molecule has 2 amide bonds. The molecule has 4 aliphatic heterocycles. The summed E-state index contributed by atoms with van der Waals surface area (Å²) in [6.45, 7) is 23.3. The zero-order valence-corrected chi connectivity index (χ0v) is 26.1. The number of likely N-dealkylation sites (tertiary alicyclic amines) is 2. The number of nitrogens with zero attached hydrogens (tertiary/aromatic N) is 2. The van der Waals surface area contributed by atoms with Crippen molar-refractivity contribution in [3.8, 4) is 0 Å². The van der Waals surface area contributed by atoms with Crippen LogP contribution >= 0.6 is 0 Å². The Labute approximate surface area is 247 Å². The third-order valence-corrected chi connectivity index (χ3v) is 8.68. The van der Waals surface area contributed by atoms with Gasteiger partial charge in [-0.1, -0.05) is 18.7 Å². The monoisotopic (exact) mass is 600 g/mol. The molecule has 3 spiro atoms. The topological polar surface area (TPSA) is 77.5 Å². The van der Waals surface area contributed by atoms with Gasteiger partial charge in [0.25, 0.3) is 0 Å². The van der Waals surface area contributed by atoms with Crippen LogP contribution in [0.15, 0.2) is 24.3 Å². The molecule has 0 radical (unpaired) electrons. The van der Waals surface area contributed by atoms with Crippen molar-refractivity contribution in [1.82, 2.24) is 9.80 Å². The standard InChI is InChI=1S/C17H27NO3.C14H20F3NO3/c1-12(2)13-6-17(20-7-13)8-16(9-17)10-18(11-16)14(19)21-15(3,4)5;1-9(14(15,16)17)10-5-13(20-6-10)7-18(8-13)11(19)21-12(2,3)4/h13H,1,6-11H2,2-5H3;10H,1,5-8H2,2-4H3. The van der Waals surface area contributed by atoms with E-state index in [9.17, 15) is 22.8 Å². The summed E-state index contributed by atoms with van der Waals surface area (Å²) < 4.78 is 60.1. The van der Waals surface area contributed by atoms with Gasteiger partial charge in [0.1, 0.15) is 16.8 Å². The summed E-state index contributed by atoms with van der Waals surface area (Å²) in [7, 11) is 0. The number of hydrogen-bond acceptors (Lipinski definition) is 6. The molecule has 0 aromatic rings. The maximum absolute atomic E-state index is 12.6. The van der Waals surface area contributed by atoms with Crippen molar-refractivity contribution in [1.29, 1.82) is 0 Å². The predicted octanol–water partition coefficient (Wildman–Crippen LogP) is 6.50. The van der Waals surface area contributed by atoms with Crippen molar-refractivity contribution in [3.63, 3.8) is 0 Å². The quantitative estimate of drug-likeness (QED) is 0.337. The van der Waals surface area contributed by atoms with Crippen molar-refractivity contribution < 1.29 is 41.7 Å². The van der Waals surface area contributed by atoms with Gasteiger partial charge in [0.05, 0.1) is 31.9 Å². The maximum atomic E-state index is 12.6. The van der Waals surface area contributed by atoms with Gasteiger partial charge >= 0.3 is 18.4 Å². The highest BCUT2D eigenvalue weighted by molar-refractivity contribution is 5.70. The van der Waals surface area contributed by atoms with Gasteiger partial charge in [-0.05, 0) is 74.1 Å². The fourth-order valence-corrected chi connectivity index (χ4v) is 6.79. The molecular weight excluding hydrogens is 553 g/mol. The van der Waals surface area contributed by atoms with E-state index in [2.05, 4.69) is 20.1 Å². The number of hydrogen-bond donors (Lipinski definition) is 0. The van der Waals surface area contributed by atoms with Crippen LogP contribution in [-0.4, -0.2) is 90.0 Å². The minimum absolute atomic E-state index is 0.000498. The lowest BCUT2D eigenvalue weighted by Gasteiger charge is -2.62. The number of ether oxygens (including phenoxy) is 4. The van der Waals surface area contributed by atoms with Crippen molar-refractivity contribution in [3.05, 3.63) is 24.3 Å². The van der Waals surface area contributed by atoms with E-state index < -0.39 is 40.6 Å². The largest absolute Gasteiger partial charge is 0.444 e. The van der Waals surface area contributed by atoms with Crippen LogP contribution in [-0.2, 0) is 18.9 Å². The van der Waals surface area contributed by atoms with Crippen molar-refractivity contribution in [2.45, 2.75) is 103 Å². The van der Waals surface area contributed by atoms with Crippen molar-refractivity contribution in [2.24, 2.45) is 17.3 Å². The zero-order chi connectivity index (χ0) is 31.5. The summed E-state index contributed by atoms with van der Waals surface area (Å²) in [6.07, 6.45) is -1.52. The summed E-state index contributed by atoms with van der Waals surface area (Å²) >= 11 is 0. The number of alkyl halides is 3. The lowest BCUT2D eigenvalue weighted by molar-refractivity contribution is -0.189. The van der Waals surface area contributed by atoms with E-state index in [1.807, 2.05) is 25.7 Å². The Morgan fingerprint density at radius 2 is 1.19 bits per heavy atom. The van der Waals surface area contributed by atoms with E-state index in [0.717, 1.165) is 39.0 Å². The van der Waals surface area contributed by atoms with Crippen LogP contribution in [0.25, 0.3) is 0 Å². The van der Waals surface area contributed by atoms with E-state index in [-0.39, 0.29) is 37.8 Å². The highest BCUT2D eigenvalue weighted by atomic mass is 19.4. The summed E-state index contributed by atoms with van der Waals surface area (Å²) in [6, 6.07) is 0. The molecule has 0 aromatic carbocycles. The van der Waals surface area contributed by atoms with Gasteiger partial charge in [0.15, 0.2) is 0 Å². The van der Waals surface area contributed by atoms with Crippen LogP contribution < -0.4 is 0 Å². The van der Waals surface area contributed by atoms with Gasteiger partial charge in [0, 0.05) is 35.9 Å². The molecular formula is C31H47F3N2O6. The van der Waals surface area contributed by atoms with Crippen LogP contribution in [0.3, 0.4) is 0 Å². The molecule has 8 nitrogen and oxygen atoms in total. The van der Waals surface area contributed by atoms with Crippen LogP contribution in [0.1, 0.15) is 74.1 Å². The summed E-state index contributed by atoms with van der Waals surface area (Å²) in [5, 5.41) is 0. The molecule has 5 aliphatic rings. The first-order valence-corrected chi connectivity index (χ1v) is 14.7. The van der Waals surface area contributed by atoms with Gasteiger partial charge in [-0.25, -0.2) is 9.59 Å². The Morgan fingerprint density at radius 1 is 0.762 bits per heavy atom. The van der Waals surface area contributed by atoms with E-state index >= 15 is 0 Å². The molecule has 1 saturated carbocycles. The average Bonchev–Trinajstić information content (AvgIpc) is 3.37. The molecule has 11 heteroatoms. The molecule has 5 rings (SSSR count). The van der Waals surface area contributed by atoms with E-state index in [0.29, 0.717) is 11.3 Å². The molecule has 1 aliphatic carbocycles. The normalized spacial score (nSPS) is 27.0. The summed E-state index contributed by atoms with van der Waals surface area (Å²) in [5.74, 6) is -0.213. The fraction of sp³-hybridized carbons (Fsp3) is 0.806. The Bertz CT molecular complexity index is 1090. The van der Waals surface area contributed by atoms with E-state index in [1.165, 1.54) is 10.5 Å². The van der Waals surface area contributed by atoms with Gasteiger partial charge < -0.3 is 28.7 Å². The smallest absolute Gasteiger partial charge is 0.412 e. The van der Waals surface area contributed by atoms with Crippen LogP contribution in [0.5, 0.6) is 0 Å². The lowest BCUT2D eigenvalue weighted by Crippen LogP contribution is -2.69. The maximum Gasteiger partial charge on any atom is 0.412 e. The highest BCUT2D eigenvalue weighted by Crippen LogP contribution is 2.60. The number of amides is 2. The molecule has 0 N–H and O–H groups in total. The van der Waals surface area contributed by atoms with E-state index in [1.54, 1.807) is 20.8 Å². The molecule has 5 fully saturated rings. The Hall–Kier alpha value is -2.27. The number of carbonyl (C=O) groups is 2. The molecule has 2 unspecified atom stereocenters. The number of rotatable bonds is 2. The molecule has 42 heavy (non-hydrogen) atoms. The first-order chi connectivity index (χ1) is 19.0. The van der Waals surface area contributed by atoms with Gasteiger partial charge in [0.2, 0.25) is 0 Å². The Morgan fingerprint density at radius 3 is 1.62 bits per heavy atom. The van der Waals surface area contributed by atoms with Crippen molar-refractivity contribution in [2.75, 3.05) is 39.4 Å². The lowest BCUT2D eigenvalue weighted by atomic mass is 9.54. The van der Waals surface area contributed by atoms with E-state index in [4.69, 9.17) is 18.9 Å². The van der Waals surface area contributed by atoms with Gasteiger partial charge in [-0.15, -0.1) is 0 Å². The second-order valence-corrected chi connectivity index (χ2v) is 15.2. The first kappa shape index (κ1) is 32.6. The van der Waals surface area contributed by atoms with Gasteiger partial charge in [-0.2, -0.15) is 13.2 Å². The first-order valence-electron chi connectivity index (χ1n) is 14.7. The molecule has 4 saturated heterocycles. The van der Waals surface area contributed by atoms with Crippen LogP contribution in [0.2, 0.25) is 0 Å². The third-order valence-electron chi connectivity index (χ3n) is 8.68. The Balaban J connectivity index is 0.000000193. The van der Waals surface area contributed by atoms with Crippen LogP contribution in [0.4, 0.5) is 22.8 Å². The second-order valence-electron chi connectivity index (χ2n) is 15.2. The fourth-order valence-electron chi connectivity index (χ4n) is 6.79. The number of halogens is 3. The molecule has 2 atom stereocenters. The SMILES string of the molecule is C=C(C)C1COC2(C1)CC1(CN(C(=O)OC(C)(C)C)C1)C2.C=C(C1COC2(C1)CN(C(=O)OC(C)(C)C)C2)C(F)(F)F. The third kappa shape index (κ3) is 7.26. The zero-order valence-electron chi connectivity index (χ0n) is 26.1. The minimum Gasteiger partial charge on any atom is -0.444 e. The average molecular weight is 601 g/mol. The summed E-state index contributed by atoms with van der Waals surface area (Å²) in [4.78, 5) is 27.1. The Kier molecular flexibility index (Phi) is 8.33. The van der Waals surface area contributed by atoms with Crippen molar-refractivity contribution >= 4 is 12.2 Å². The highest BCUT2D eigenvalue weighted by Gasteiger charge is 2.64. The predicted molar refractivity (Wildman–Crippen MR) is 151 cm³/mol.